The van der Waals surface area contributed by atoms with Gasteiger partial charge in [-0.25, -0.2) is 0 Å². The van der Waals surface area contributed by atoms with E-state index in [0.717, 1.165) is 23.1 Å². The molecule has 0 atom stereocenters. The minimum atomic E-state index is 0.226. The van der Waals surface area contributed by atoms with Gasteiger partial charge in [0, 0.05) is 17.6 Å². The lowest BCUT2D eigenvalue weighted by Crippen LogP contribution is -2.05. The Balaban J connectivity index is 0.000000238. The molecule has 0 saturated carbocycles. The fourth-order valence-corrected chi connectivity index (χ4v) is 2.79. The van der Waals surface area contributed by atoms with Crippen molar-refractivity contribution in [2.45, 2.75) is 39.6 Å². The van der Waals surface area contributed by atoms with Crippen LogP contribution in [0.5, 0.6) is 5.75 Å². The fraction of sp³-hybridized carbons (Fsp3) is 0.421. The van der Waals surface area contributed by atoms with Crippen molar-refractivity contribution in [1.29, 1.82) is 0 Å². The Bertz CT molecular complexity index is 544. The Kier molecular flexibility index (Phi) is 9.22. The van der Waals surface area contributed by atoms with Gasteiger partial charge in [-0.1, -0.05) is 26.0 Å². The molecular formula is C19H28N2OS. The second-order valence-electron chi connectivity index (χ2n) is 6.01. The highest BCUT2D eigenvalue weighted by molar-refractivity contribution is 7.98. The average Bonchev–Trinajstić information content (AvgIpc) is 2.48. The van der Waals surface area contributed by atoms with Crippen LogP contribution < -0.4 is 10.5 Å². The number of hydrogen-bond acceptors (Lipinski definition) is 4. The first-order chi connectivity index (χ1) is 11.0. The smallest absolute Gasteiger partial charge is 0.137 e. The number of anilines is 1. The zero-order chi connectivity index (χ0) is 17.1. The maximum atomic E-state index is 5.68. The molecule has 2 rings (SSSR count). The third-order valence-corrected chi connectivity index (χ3v) is 4.12. The van der Waals surface area contributed by atoms with E-state index in [4.69, 9.17) is 10.5 Å². The molecule has 2 aromatic rings. The van der Waals surface area contributed by atoms with Crippen LogP contribution in [-0.4, -0.2) is 16.8 Å². The molecule has 1 heterocycles. The summed E-state index contributed by atoms with van der Waals surface area (Å²) in [5, 5.41) is 0. The van der Waals surface area contributed by atoms with E-state index in [9.17, 15) is 0 Å². The van der Waals surface area contributed by atoms with Crippen molar-refractivity contribution in [2.75, 3.05) is 11.5 Å². The molecule has 3 nitrogen and oxygen atoms in total. The molecule has 0 aliphatic carbocycles. The monoisotopic (exact) mass is 332 g/mol. The SMILES string of the molecule is CC(C)CSCc1cccc(N)c1.CC(C)Oc1cccnc1. The zero-order valence-electron chi connectivity index (χ0n) is 14.5. The summed E-state index contributed by atoms with van der Waals surface area (Å²) in [4.78, 5) is 3.91. The Morgan fingerprint density at radius 2 is 1.91 bits per heavy atom. The van der Waals surface area contributed by atoms with Crippen molar-refractivity contribution in [2.24, 2.45) is 5.92 Å². The predicted molar refractivity (Wildman–Crippen MR) is 102 cm³/mol. The molecule has 0 aliphatic rings. The molecule has 0 aliphatic heterocycles. The summed E-state index contributed by atoms with van der Waals surface area (Å²) in [5.74, 6) is 3.89. The predicted octanol–water partition coefficient (Wildman–Crippen LogP) is 5.03. The van der Waals surface area contributed by atoms with Crippen LogP contribution in [0.3, 0.4) is 0 Å². The topological polar surface area (TPSA) is 48.1 Å². The summed E-state index contributed by atoms with van der Waals surface area (Å²) in [6, 6.07) is 11.9. The molecule has 0 saturated heterocycles. The lowest BCUT2D eigenvalue weighted by atomic mass is 10.2. The minimum absolute atomic E-state index is 0.226. The second-order valence-corrected chi connectivity index (χ2v) is 7.04. The number of hydrogen-bond donors (Lipinski definition) is 1. The number of ether oxygens (including phenoxy) is 1. The van der Waals surface area contributed by atoms with E-state index in [2.05, 4.69) is 24.9 Å². The van der Waals surface area contributed by atoms with E-state index >= 15 is 0 Å². The van der Waals surface area contributed by atoms with Gasteiger partial charge in [0.25, 0.3) is 0 Å². The van der Waals surface area contributed by atoms with Gasteiger partial charge in [0.1, 0.15) is 5.75 Å². The van der Waals surface area contributed by atoms with Crippen LogP contribution in [0.15, 0.2) is 48.8 Å². The Morgan fingerprint density at radius 3 is 2.48 bits per heavy atom. The third-order valence-electron chi connectivity index (χ3n) is 2.68. The first kappa shape index (κ1) is 19.4. The first-order valence-corrected chi connectivity index (χ1v) is 9.11. The number of aromatic nitrogens is 1. The van der Waals surface area contributed by atoms with E-state index in [0.29, 0.717) is 0 Å². The van der Waals surface area contributed by atoms with Crippen LogP contribution >= 0.6 is 11.8 Å². The maximum absolute atomic E-state index is 5.68. The van der Waals surface area contributed by atoms with Crippen LogP contribution in [-0.2, 0) is 5.75 Å². The number of rotatable bonds is 6. The second kappa shape index (κ2) is 10.9. The largest absolute Gasteiger partial charge is 0.489 e. The lowest BCUT2D eigenvalue weighted by Gasteiger charge is -2.07. The standard InChI is InChI=1S/C11H17NS.C8H11NO/c1-9(2)7-13-8-10-4-3-5-11(12)6-10;1-7(2)10-8-4-3-5-9-6-8/h3-6,9H,7-8,12H2,1-2H3;3-7H,1-2H3. The molecule has 0 spiro atoms. The molecule has 0 amide bonds. The highest BCUT2D eigenvalue weighted by atomic mass is 32.2. The molecule has 23 heavy (non-hydrogen) atoms. The van der Waals surface area contributed by atoms with Gasteiger partial charge < -0.3 is 10.5 Å². The summed E-state index contributed by atoms with van der Waals surface area (Å²) in [6.07, 6.45) is 3.66. The highest BCUT2D eigenvalue weighted by Crippen LogP contribution is 2.16. The molecular weight excluding hydrogens is 304 g/mol. The van der Waals surface area contributed by atoms with Gasteiger partial charge in [0.15, 0.2) is 0 Å². The van der Waals surface area contributed by atoms with Crippen LogP contribution in [0, 0.1) is 5.92 Å². The van der Waals surface area contributed by atoms with Crippen LogP contribution in [0.2, 0.25) is 0 Å². The Morgan fingerprint density at radius 1 is 1.13 bits per heavy atom. The molecule has 0 unspecified atom stereocenters. The Hall–Kier alpha value is -1.68. The number of benzene rings is 1. The zero-order valence-corrected chi connectivity index (χ0v) is 15.3. The summed E-state index contributed by atoms with van der Waals surface area (Å²) in [6.45, 7) is 8.47. The number of nitrogens with two attached hydrogens (primary N) is 1. The lowest BCUT2D eigenvalue weighted by molar-refractivity contribution is 0.241. The van der Waals surface area contributed by atoms with E-state index in [1.807, 2.05) is 55.9 Å². The molecule has 1 aromatic carbocycles. The molecule has 4 heteroatoms. The molecule has 0 radical (unpaired) electrons. The van der Waals surface area contributed by atoms with Gasteiger partial charge in [0.05, 0.1) is 12.3 Å². The van der Waals surface area contributed by atoms with Gasteiger partial charge in [-0.2, -0.15) is 11.8 Å². The van der Waals surface area contributed by atoms with Gasteiger partial charge in [-0.05, 0) is 55.3 Å². The van der Waals surface area contributed by atoms with Gasteiger partial charge in [-0.15, -0.1) is 0 Å². The molecule has 126 valence electrons. The molecule has 0 fully saturated rings. The van der Waals surface area contributed by atoms with Crippen LogP contribution in [0.25, 0.3) is 0 Å². The van der Waals surface area contributed by atoms with Crippen molar-refractivity contribution in [3.63, 3.8) is 0 Å². The summed E-state index contributed by atoms with van der Waals surface area (Å²) < 4.78 is 5.35. The number of nitrogens with zero attached hydrogens (tertiary/aromatic N) is 1. The number of pyridine rings is 1. The maximum Gasteiger partial charge on any atom is 0.137 e. The first-order valence-electron chi connectivity index (χ1n) is 7.96. The van der Waals surface area contributed by atoms with Gasteiger partial charge in [-0.3, -0.25) is 4.98 Å². The van der Waals surface area contributed by atoms with Crippen LogP contribution in [0.4, 0.5) is 5.69 Å². The summed E-state index contributed by atoms with van der Waals surface area (Å²) in [7, 11) is 0. The van der Waals surface area contributed by atoms with Crippen molar-refractivity contribution in [3.05, 3.63) is 54.4 Å². The van der Waals surface area contributed by atoms with Crippen molar-refractivity contribution in [3.8, 4) is 5.75 Å². The van der Waals surface area contributed by atoms with E-state index in [1.54, 1.807) is 12.4 Å². The molecule has 0 bridgehead atoms. The van der Waals surface area contributed by atoms with E-state index in [1.165, 1.54) is 11.3 Å². The Labute approximate surface area is 144 Å². The third kappa shape index (κ3) is 9.84. The van der Waals surface area contributed by atoms with Crippen molar-refractivity contribution >= 4 is 17.4 Å². The molecule has 2 N–H and O–H groups in total. The van der Waals surface area contributed by atoms with E-state index < -0.39 is 0 Å². The summed E-state index contributed by atoms with van der Waals surface area (Å²) in [5.41, 5.74) is 7.87. The van der Waals surface area contributed by atoms with Crippen molar-refractivity contribution < 1.29 is 4.74 Å². The molecule has 1 aromatic heterocycles. The van der Waals surface area contributed by atoms with E-state index in [-0.39, 0.29) is 6.10 Å². The number of thioether (sulfide) groups is 1. The van der Waals surface area contributed by atoms with Crippen molar-refractivity contribution in [1.82, 2.24) is 4.98 Å². The highest BCUT2D eigenvalue weighted by Gasteiger charge is 1.96. The minimum Gasteiger partial charge on any atom is -0.489 e. The normalized spacial score (nSPS) is 10.3. The quantitative estimate of drug-likeness (QED) is 0.754. The summed E-state index contributed by atoms with van der Waals surface area (Å²) >= 11 is 1.97. The number of nitrogen functional groups attached to an aromatic ring is 1. The fourth-order valence-electron chi connectivity index (χ4n) is 1.78. The van der Waals surface area contributed by atoms with Gasteiger partial charge in [0.2, 0.25) is 0 Å². The average molecular weight is 333 g/mol. The van der Waals surface area contributed by atoms with Gasteiger partial charge >= 0.3 is 0 Å². The van der Waals surface area contributed by atoms with Crippen LogP contribution in [0.1, 0.15) is 33.3 Å².